The highest BCUT2D eigenvalue weighted by molar-refractivity contribution is 7.10. The van der Waals surface area contributed by atoms with Crippen molar-refractivity contribution < 1.29 is 13.2 Å². The van der Waals surface area contributed by atoms with Gasteiger partial charge in [-0.15, -0.1) is 11.3 Å². The summed E-state index contributed by atoms with van der Waals surface area (Å²) in [4.78, 5) is 1.09. The van der Waals surface area contributed by atoms with Crippen LogP contribution >= 0.6 is 11.3 Å². The van der Waals surface area contributed by atoms with Crippen LogP contribution in [0, 0.1) is 5.92 Å². The zero-order valence-electron chi connectivity index (χ0n) is 10.2. The van der Waals surface area contributed by atoms with Gasteiger partial charge in [0.1, 0.15) is 0 Å². The van der Waals surface area contributed by atoms with E-state index in [0.717, 1.165) is 4.88 Å². The molecule has 2 unspecified atom stereocenters. The molecular formula is C12H18F3NS. The summed E-state index contributed by atoms with van der Waals surface area (Å²) < 4.78 is 36.8. The van der Waals surface area contributed by atoms with Gasteiger partial charge in [-0.2, -0.15) is 13.2 Å². The Bertz CT molecular complexity index is 319. The highest BCUT2D eigenvalue weighted by Crippen LogP contribution is 2.28. The van der Waals surface area contributed by atoms with Crippen molar-refractivity contribution >= 4 is 11.3 Å². The van der Waals surface area contributed by atoms with Crippen molar-refractivity contribution in [2.45, 2.75) is 45.5 Å². The second kappa shape index (κ2) is 5.87. The van der Waals surface area contributed by atoms with Crippen LogP contribution in [0.3, 0.4) is 0 Å². The van der Waals surface area contributed by atoms with Gasteiger partial charge in [-0.25, -0.2) is 0 Å². The van der Waals surface area contributed by atoms with E-state index in [9.17, 15) is 13.2 Å². The topological polar surface area (TPSA) is 12.0 Å². The van der Waals surface area contributed by atoms with Gasteiger partial charge in [0.05, 0.1) is 6.42 Å². The van der Waals surface area contributed by atoms with E-state index >= 15 is 0 Å². The Kier molecular flexibility index (Phi) is 5.01. The second-order valence-corrected chi connectivity index (χ2v) is 5.60. The maximum absolute atomic E-state index is 12.3. The smallest absolute Gasteiger partial charge is 0.306 e. The van der Waals surface area contributed by atoms with Crippen LogP contribution in [0.4, 0.5) is 13.2 Å². The minimum atomic E-state index is -4.11. The first-order valence-corrected chi connectivity index (χ1v) is 6.53. The summed E-state index contributed by atoms with van der Waals surface area (Å²) in [5.74, 6) is 0.268. The van der Waals surface area contributed by atoms with E-state index in [2.05, 4.69) is 5.32 Å². The van der Waals surface area contributed by atoms with E-state index in [-0.39, 0.29) is 12.0 Å². The Morgan fingerprint density at radius 3 is 2.35 bits per heavy atom. The van der Waals surface area contributed by atoms with Crippen LogP contribution in [0.15, 0.2) is 17.5 Å². The van der Waals surface area contributed by atoms with E-state index < -0.39 is 18.6 Å². The fourth-order valence-electron chi connectivity index (χ4n) is 1.78. The predicted molar refractivity (Wildman–Crippen MR) is 65.2 cm³/mol. The molecule has 1 heterocycles. The van der Waals surface area contributed by atoms with Gasteiger partial charge in [0.25, 0.3) is 0 Å². The number of thiophene rings is 1. The van der Waals surface area contributed by atoms with Crippen molar-refractivity contribution in [2.75, 3.05) is 0 Å². The average molecular weight is 265 g/mol. The van der Waals surface area contributed by atoms with Crippen molar-refractivity contribution in [1.29, 1.82) is 0 Å². The predicted octanol–water partition coefficient (Wildman–Crippen LogP) is 4.38. The molecule has 1 rings (SSSR count). The van der Waals surface area contributed by atoms with Crippen molar-refractivity contribution in [2.24, 2.45) is 5.92 Å². The van der Waals surface area contributed by atoms with Crippen LogP contribution in [0.1, 0.15) is 38.1 Å². The molecular weight excluding hydrogens is 247 g/mol. The van der Waals surface area contributed by atoms with E-state index in [1.54, 1.807) is 18.3 Å². The second-order valence-electron chi connectivity index (χ2n) is 4.62. The van der Waals surface area contributed by atoms with Crippen molar-refractivity contribution in [1.82, 2.24) is 5.32 Å². The quantitative estimate of drug-likeness (QED) is 0.833. The molecule has 0 saturated heterocycles. The maximum atomic E-state index is 12.3. The Hall–Kier alpha value is -0.550. The monoisotopic (exact) mass is 265 g/mol. The first-order valence-electron chi connectivity index (χ1n) is 5.66. The van der Waals surface area contributed by atoms with Gasteiger partial charge in [-0.05, 0) is 24.3 Å². The lowest BCUT2D eigenvalue weighted by Crippen LogP contribution is -2.36. The molecule has 2 atom stereocenters. The average Bonchev–Trinajstić information content (AvgIpc) is 2.63. The number of hydrogen-bond acceptors (Lipinski definition) is 2. The van der Waals surface area contributed by atoms with Gasteiger partial charge in [-0.1, -0.05) is 19.9 Å². The maximum Gasteiger partial charge on any atom is 0.390 e. The molecule has 1 aromatic heterocycles. The highest BCUT2D eigenvalue weighted by atomic mass is 32.1. The standard InChI is InChI=1S/C12H18F3NS/c1-8(2)11(10-5-4-6-17-10)16-9(3)7-12(13,14)15/h4-6,8-9,11,16H,7H2,1-3H3. The van der Waals surface area contributed by atoms with E-state index in [0.29, 0.717) is 0 Å². The van der Waals surface area contributed by atoms with Crippen molar-refractivity contribution in [3.63, 3.8) is 0 Å². The van der Waals surface area contributed by atoms with E-state index in [1.807, 2.05) is 31.4 Å². The van der Waals surface area contributed by atoms with Gasteiger partial charge in [-0.3, -0.25) is 0 Å². The summed E-state index contributed by atoms with van der Waals surface area (Å²) in [7, 11) is 0. The van der Waals surface area contributed by atoms with Crippen LogP contribution in [0.25, 0.3) is 0 Å². The SMILES string of the molecule is CC(CC(F)(F)F)NC(c1cccs1)C(C)C. The molecule has 0 saturated carbocycles. The molecule has 17 heavy (non-hydrogen) atoms. The van der Waals surface area contributed by atoms with Crippen LogP contribution in [-0.4, -0.2) is 12.2 Å². The molecule has 0 aromatic carbocycles. The van der Waals surface area contributed by atoms with Crippen molar-refractivity contribution in [3.05, 3.63) is 22.4 Å². The molecule has 0 bridgehead atoms. The fourth-order valence-corrected chi connectivity index (χ4v) is 2.74. The molecule has 0 spiro atoms. The molecule has 98 valence electrons. The van der Waals surface area contributed by atoms with E-state index in [1.165, 1.54) is 0 Å². The number of rotatable bonds is 5. The molecule has 0 amide bonds. The highest BCUT2D eigenvalue weighted by Gasteiger charge is 2.31. The third-order valence-corrected chi connectivity index (χ3v) is 3.47. The molecule has 0 aliphatic heterocycles. The normalized spacial score (nSPS) is 16.2. The van der Waals surface area contributed by atoms with Gasteiger partial charge >= 0.3 is 6.18 Å². The molecule has 1 nitrogen and oxygen atoms in total. The molecule has 0 fully saturated rings. The van der Waals surface area contributed by atoms with Gasteiger partial charge < -0.3 is 5.32 Å². The first kappa shape index (κ1) is 14.5. The largest absolute Gasteiger partial charge is 0.390 e. The number of alkyl halides is 3. The third kappa shape index (κ3) is 5.08. The molecule has 1 aromatic rings. The summed E-state index contributed by atoms with van der Waals surface area (Å²) >= 11 is 1.58. The summed E-state index contributed by atoms with van der Waals surface area (Å²) in [6.07, 6.45) is -4.90. The summed E-state index contributed by atoms with van der Waals surface area (Å²) in [5.41, 5.74) is 0. The number of nitrogens with one attached hydrogen (secondary N) is 1. The Morgan fingerprint density at radius 1 is 1.29 bits per heavy atom. The molecule has 0 aliphatic carbocycles. The van der Waals surface area contributed by atoms with Gasteiger partial charge in [0.2, 0.25) is 0 Å². The van der Waals surface area contributed by atoms with E-state index in [4.69, 9.17) is 0 Å². The minimum Gasteiger partial charge on any atom is -0.306 e. The van der Waals surface area contributed by atoms with Crippen LogP contribution in [0.5, 0.6) is 0 Å². The number of hydrogen-bond donors (Lipinski definition) is 1. The Labute approximate surface area is 104 Å². The summed E-state index contributed by atoms with van der Waals surface area (Å²) in [5, 5.41) is 5.01. The lowest BCUT2D eigenvalue weighted by Gasteiger charge is -2.26. The van der Waals surface area contributed by atoms with Crippen LogP contribution < -0.4 is 5.32 Å². The van der Waals surface area contributed by atoms with Gasteiger partial charge in [0.15, 0.2) is 0 Å². The molecule has 1 N–H and O–H groups in total. The number of halogens is 3. The zero-order valence-corrected chi connectivity index (χ0v) is 11.0. The van der Waals surface area contributed by atoms with Crippen LogP contribution in [-0.2, 0) is 0 Å². The third-order valence-electron chi connectivity index (χ3n) is 2.52. The minimum absolute atomic E-state index is 0.00708. The summed E-state index contributed by atoms with van der Waals surface area (Å²) in [6.45, 7) is 5.60. The zero-order chi connectivity index (χ0) is 13.1. The Balaban J connectivity index is 2.62. The van der Waals surface area contributed by atoms with Gasteiger partial charge in [0, 0.05) is 17.0 Å². The summed E-state index contributed by atoms with van der Waals surface area (Å²) in [6, 6.07) is 3.31. The molecule has 0 aliphatic rings. The van der Waals surface area contributed by atoms with Crippen molar-refractivity contribution in [3.8, 4) is 0 Å². The lowest BCUT2D eigenvalue weighted by molar-refractivity contribution is -0.139. The first-order chi connectivity index (χ1) is 7.79. The fraction of sp³-hybridized carbons (Fsp3) is 0.667. The Morgan fingerprint density at radius 2 is 1.94 bits per heavy atom. The van der Waals surface area contributed by atoms with Crippen LogP contribution in [0.2, 0.25) is 0 Å². The lowest BCUT2D eigenvalue weighted by atomic mass is 10.0. The molecule has 0 radical (unpaired) electrons. The molecule has 5 heteroatoms.